The minimum absolute atomic E-state index is 0.165. The Labute approximate surface area is 202 Å². The van der Waals surface area contributed by atoms with Crippen LogP contribution in [0.5, 0.6) is 5.75 Å². The van der Waals surface area contributed by atoms with Gasteiger partial charge in [-0.25, -0.2) is 8.42 Å². The highest BCUT2D eigenvalue weighted by Gasteiger charge is 2.31. The third-order valence-electron chi connectivity index (χ3n) is 5.18. The lowest BCUT2D eigenvalue weighted by atomic mass is 10.1. The number of methoxy groups -OCH3 is 1. The maximum absolute atomic E-state index is 13.5. The van der Waals surface area contributed by atoms with Crippen molar-refractivity contribution in [3.8, 4) is 5.75 Å². The number of hydrogen-bond donors (Lipinski definition) is 1. The van der Waals surface area contributed by atoms with Crippen molar-refractivity contribution >= 4 is 27.5 Å². The zero-order chi connectivity index (χ0) is 25.7. The van der Waals surface area contributed by atoms with E-state index in [1.165, 1.54) is 12.0 Å². The predicted molar refractivity (Wildman–Crippen MR) is 134 cm³/mol. The summed E-state index contributed by atoms with van der Waals surface area (Å²) in [6, 6.07) is 13.2. The van der Waals surface area contributed by atoms with Crippen LogP contribution >= 0.6 is 0 Å². The van der Waals surface area contributed by atoms with E-state index in [0.29, 0.717) is 11.4 Å². The number of nitrogens with zero attached hydrogens (tertiary/aromatic N) is 2. The molecular formula is C25H35N3O5S. The summed E-state index contributed by atoms with van der Waals surface area (Å²) in [5.41, 5.74) is 1.76. The van der Waals surface area contributed by atoms with Crippen molar-refractivity contribution in [2.45, 2.75) is 52.7 Å². The molecule has 0 fully saturated rings. The molecule has 0 saturated carbocycles. The SMILES string of the molecule is COc1ccc(N(CC(=O)N(Cc2ccc(C)cc2)[C@H](C)C(=O)NC(C)(C)C)S(C)(=O)=O)cc1. The highest BCUT2D eigenvalue weighted by Crippen LogP contribution is 2.22. The Hall–Kier alpha value is -3.07. The summed E-state index contributed by atoms with van der Waals surface area (Å²) in [6.07, 6.45) is 1.05. The van der Waals surface area contributed by atoms with Crippen molar-refractivity contribution < 1.29 is 22.7 Å². The molecule has 0 unspecified atom stereocenters. The van der Waals surface area contributed by atoms with Gasteiger partial charge in [-0.2, -0.15) is 0 Å². The summed E-state index contributed by atoms with van der Waals surface area (Å²) in [7, 11) is -2.26. The number of nitrogens with one attached hydrogen (secondary N) is 1. The number of amides is 2. The number of aryl methyl sites for hydroxylation is 1. The lowest BCUT2D eigenvalue weighted by Gasteiger charge is -2.33. The van der Waals surface area contributed by atoms with Gasteiger partial charge in [-0.05, 0) is 64.4 Å². The Balaban J connectivity index is 2.38. The van der Waals surface area contributed by atoms with Crippen LogP contribution in [0.15, 0.2) is 48.5 Å². The molecular weight excluding hydrogens is 454 g/mol. The minimum atomic E-state index is -3.77. The lowest BCUT2D eigenvalue weighted by Crippen LogP contribution is -2.54. The lowest BCUT2D eigenvalue weighted by molar-refractivity contribution is -0.140. The van der Waals surface area contributed by atoms with Crippen molar-refractivity contribution in [2.24, 2.45) is 0 Å². The summed E-state index contributed by atoms with van der Waals surface area (Å²) in [5.74, 6) is -0.237. The van der Waals surface area contributed by atoms with Crippen LogP contribution in [-0.4, -0.2) is 56.6 Å². The van der Waals surface area contributed by atoms with E-state index in [0.717, 1.165) is 21.7 Å². The summed E-state index contributed by atoms with van der Waals surface area (Å²) in [4.78, 5) is 27.8. The van der Waals surface area contributed by atoms with Gasteiger partial charge >= 0.3 is 0 Å². The molecule has 0 aliphatic rings. The van der Waals surface area contributed by atoms with Gasteiger partial charge in [0.05, 0.1) is 19.1 Å². The quantitative estimate of drug-likeness (QED) is 0.584. The van der Waals surface area contributed by atoms with Crippen LogP contribution in [0.2, 0.25) is 0 Å². The van der Waals surface area contributed by atoms with Crippen molar-refractivity contribution in [3.05, 3.63) is 59.7 Å². The van der Waals surface area contributed by atoms with Crippen molar-refractivity contribution in [2.75, 3.05) is 24.2 Å². The van der Waals surface area contributed by atoms with E-state index in [2.05, 4.69) is 5.32 Å². The number of anilines is 1. The first-order chi connectivity index (χ1) is 15.7. The highest BCUT2D eigenvalue weighted by atomic mass is 32.2. The van der Waals surface area contributed by atoms with Gasteiger partial charge in [-0.3, -0.25) is 13.9 Å². The molecule has 2 aromatic carbocycles. The van der Waals surface area contributed by atoms with Gasteiger partial charge in [-0.1, -0.05) is 29.8 Å². The monoisotopic (exact) mass is 489 g/mol. The second-order valence-electron chi connectivity index (χ2n) is 9.39. The molecule has 34 heavy (non-hydrogen) atoms. The van der Waals surface area contributed by atoms with Gasteiger partial charge in [0.2, 0.25) is 21.8 Å². The van der Waals surface area contributed by atoms with E-state index in [4.69, 9.17) is 4.74 Å². The van der Waals surface area contributed by atoms with E-state index in [-0.39, 0.29) is 12.5 Å². The Morgan fingerprint density at radius 1 is 1.03 bits per heavy atom. The Morgan fingerprint density at radius 2 is 1.59 bits per heavy atom. The van der Waals surface area contributed by atoms with Crippen molar-refractivity contribution in [1.29, 1.82) is 0 Å². The molecule has 0 saturated heterocycles. The van der Waals surface area contributed by atoms with Crippen molar-refractivity contribution in [3.63, 3.8) is 0 Å². The fraction of sp³-hybridized carbons (Fsp3) is 0.440. The second-order valence-corrected chi connectivity index (χ2v) is 11.3. The molecule has 0 heterocycles. The summed E-state index contributed by atoms with van der Waals surface area (Å²) in [5, 5.41) is 2.90. The average molecular weight is 490 g/mol. The largest absolute Gasteiger partial charge is 0.497 e. The molecule has 2 aromatic rings. The topological polar surface area (TPSA) is 96.0 Å². The molecule has 2 amide bonds. The maximum atomic E-state index is 13.5. The summed E-state index contributed by atoms with van der Waals surface area (Å²) >= 11 is 0. The zero-order valence-corrected chi connectivity index (χ0v) is 21.8. The molecule has 9 heteroatoms. The van der Waals surface area contributed by atoms with Gasteiger partial charge in [0, 0.05) is 12.1 Å². The van der Waals surface area contributed by atoms with Crippen LogP contribution in [0.3, 0.4) is 0 Å². The Kier molecular flexibility index (Phi) is 8.72. The van der Waals surface area contributed by atoms with Crippen LogP contribution in [-0.2, 0) is 26.2 Å². The predicted octanol–water partition coefficient (Wildman–Crippen LogP) is 3.10. The molecule has 0 spiro atoms. The first-order valence-electron chi connectivity index (χ1n) is 11.0. The van der Waals surface area contributed by atoms with Crippen LogP contribution in [0.1, 0.15) is 38.8 Å². The first-order valence-corrected chi connectivity index (χ1v) is 12.8. The highest BCUT2D eigenvalue weighted by molar-refractivity contribution is 7.92. The molecule has 0 aliphatic carbocycles. The average Bonchev–Trinajstić information content (AvgIpc) is 2.74. The maximum Gasteiger partial charge on any atom is 0.244 e. The van der Waals surface area contributed by atoms with E-state index in [1.54, 1.807) is 31.2 Å². The van der Waals surface area contributed by atoms with Gasteiger partial charge in [0.1, 0.15) is 18.3 Å². The fourth-order valence-electron chi connectivity index (χ4n) is 3.31. The molecule has 186 valence electrons. The van der Waals surface area contributed by atoms with Crippen LogP contribution in [0.4, 0.5) is 5.69 Å². The standard InChI is InChI=1S/C25H35N3O5S/c1-18-8-10-20(11-9-18)16-27(19(2)24(30)26-25(3,4)5)23(29)17-28(34(7,31)32)21-12-14-22(33-6)15-13-21/h8-15,19H,16-17H2,1-7H3,(H,26,30)/t19-/m1/s1. The van der Waals surface area contributed by atoms with Crippen LogP contribution in [0.25, 0.3) is 0 Å². The number of benzene rings is 2. The van der Waals surface area contributed by atoms with Crippen LogP contribution in [0, 0.1) is 6.92 Å². The summed E-state index contributed by atoms with van der Waals surface area (Å²) in [6.45, 7) is 8.91. The number of sulfonamides is 1. The third-order valence-corrected chi connectivity index (χ3v) is 6.32. The molecule has 8 nitrogen and oxygen atoms in total. The number of ether oxygens (including phenoxy) is 1. The fourth-order valence-corrected chi connectivity index (χ4v) is 4.16. The molecule has 0 aliphatic heterocycles. The Morgan fingerprint density at radius 3 is 2.06 bits per heavy atom. The Bertz CT molecular complexity index is 1090. The number of carbonyl (C=O) groups is 2. The van der Waals surface area contributed by atoms with E-state index in [9.17, 15) is 18.0 Å². The smallest absolute Gasteiger partial charge is 0.244 e. The van der Waals surface area contributed by atoms with E-state index < -0.39 is 34.1 Å². The van der Waals surface area contributed by atoms with Gasteiger partial charge in [0.25, 0.3) is 0 Å². The van der Waals surface area contributed by atoms with Crippen LogP contribution < -0.4 is 14.4 Å². The zero-order valence-electron chi connectivity index (χ0n) is 21.0. The third kappa shape index (κ3) is 7.76. The van der Waals surface area contributed by atoms with Crippen molar-refractivity contribution in [1.82, 2.24) is 10.2 Å². The minimum Gasteiger partial charge on any atom is -0.497 e. The molecule has 0 radical (unpaired) electrons. The normalized spacial score (nSPS) is 12.6. The van der Waals surface area contributed by atoms with Gasteiger partial charge < -0.3 is 15.0 Å². The van der Waals surface area contributed by atoms with E-state index >= 15 is 0 Å². The number of rotatable bonds is 9. The molecule has 2 rings (SSSR count). The van der Waals surface area contributed by atoms with Gasteiger partial charge in [0.15, 0.2) is 0 Å². The number of carbonyl (C=O) groups excluding carboxylic acids is 2. The molecule has 0 bridgehead atoms. The van der Waals surface area contributed by atoms with E-state index in [1.807, 2.05) is 52.0 Å². The first kappa shape index (κ1) is 27.2. The molecule has 0 aromatic heterocycles. The summed E-state index contributed by atoms with van der Waals surface area (Å²) < 4.78 is 31.3. The second kappa shape index (κ2) is 10.9. The molecule has 1 atom stereocenters. The van der Waals surface area contributed by atoms with Gasteiger partial charge in [-0.15, -0.1) is 0 Å². The number of hydrogen-bond acceptors (Lipinski definition) is 5. The molecule has 1 N–H and O–H groups in total.